The highest BCUT2D eigenvalue weighted by Crippen LogP contribution is 2.28. The average molecular weight is 236 g/mol. The lowest BCUT2D eigenvalue weighted by molar-refractivity contribution is 0.0689. The standard InChI is InChI=1S/C13H20N2O2/c1-10-9-12(13(16)17)14-15(10)8-4-7-11-5-2-3-6-11/h9,11H,2-8H2,1H3,(H,16,17). The van der Waals surface area contributed by atoms with Crippen LogP contribution < -0.4 is 0 Å². The molecule has 1 heterocycles. The molecule has 0 amide bonds. The highest BCUT2D eigenvalue weighted by Gasteiger charge is 2.15. The van der Waals surface area contributed by atoms with E-state index in [4.69, 9.17) is 5.11 Å². The number of aryl methyl sites for hydroxylation is 2. The van der Waals surface area contributed by atoms with Crippen LogP contribution in [0.5, 0.6) is 0 Å². The molecule has 0 aliphatic heterocycles. The summed E-state index contributed by atoms with van der Waals surface area (Å²) in [6.45, 7) is 2.75. The number of hydrogen-bond acceptors (Lipinski definition) is 2. The van der Waals surface area contributed by atoms with E-state index in [9.17, 15) is 4.79 Å². The van der Waals surface area contributed by atoms with Crippen LogP contribution in [0, 0.1) is 12.8 Å². The van der Waals surface area contributed by atoms with Gasteiger partial charge in [0, 0.05) is 12.2 Å². The summed E-state index contributed by atoms with van der Waals surface area (Å²) in [5.74, 6) is -0.0487. The van der Waals surface area contributed by atoms with E-state index in [1.807, 2.05) is 11.6 Å². The van der Waals surface area contributed by atoms with Crippen LogP contribution in [0.25, 0.3) is 0 Å². The zero-order chi connectivity index (χ0) is 12.3. The van der Waals surface area contributed by atoms with E-state index in [2.05, 4.69) is 5.10 Å². The molecule has 0 spiro atoms. The minimum atomic E-state index is -0.942. The van der Waals surface area contributed by atoms with Gasteiger partial charge in [0.05, 0.1) is 0 Å². The molecule has 0 saturated heterocycles. The van der Waals surface area contributed by atoms with Gasteiger partial charge in [-0.1, -0.05) is 25.7 Å². The highest BCUT2D eigenvalue weighted by molar-refractivity contribution is 5.85. The number of aromatic nitrogens is 2. The normalized spacial score (nSPS) is 16.5. The van der Waals surface area contributed by atoms with Crippen molar-refractivity contribution in [3.05, 3.63) is 17.5 Å². The molecule has 1 fully saturated rings. The summed E-state index contributed by atoms with van der Waals surface area (Å²) in [5.41, 5.74) is 1.09. The molecule has 4 heteroatoms. The van der Waals surface area contributed by atoms with Crippen LogP contribution in [-0.4, -0.2) is 20.9 Å². The highest BCUT2D eigenvalue weighted by atomic mass is 16.4. The summed E-state index contributed by atoms with van der Waals surface area (Å²) >= 11 is 0. The molecule has 0 aromatic carbocycles. The summed E-state index contributed by atoms with van der Waals surface area (Å²) in [6.07, 6.45) is 7.87. The lowest BCUT2D eigenvalue weighted by Gasteiger charge is -2.09. The monoisotopic (exact) mass is 236 g/mol. The second kappa shape index (κ2) is 5.34. The van der Waals surface area contributed by atoms with Crippen LogP contribution in [0.2, 0.25) is 0 Å². The van der Waals surface area contributed by atoms with Gasteiger partial charge in [-0.25, -0.2) is 4.79 Å². The fraction of sp³-hybridized carbons (Fsp3) is 0.692. The zero-order valence-electron chi connectivity index (χ0n) is 10.4. The Hall–Kier alpha value is -1.32. The molecule has 0 unspecified atom stereocenters. The summed E-state index contributed by atoms with van der Waals surface area (Å²) in [7, 11) is 0. The van der Waals surface area contributed by atoms with Crippen LogP contribution in [0.15, 0.2) is 6.07 Å². The van der Waals surface area contributed by atoms with Gasteiger partial charge >= 0.3 is 5.97 Å². The summed E-state index contributed by atoms with van der Waals surface area (Å²) in [5, 5.41) is 12.9. The molecule has 0 radical (unpaired) electrons. The molecule has 1 aromatic rings. The van der Waals surface area contributed by atoms with Crippen molar-refractivity contribution in [2.75, 3.05) is 0 Å². The third kappa shape index (κ3) is 3.08. The van der Waals surface area contributed by atoms with Gasteiger partial charge in [0.25, 0.3) is 0 Å². The van der Waals surface area contributed by atoms with Crippen molar-refractivity contribution < 1.29 is 9.90 Å². The van der Waals surface area contributed by atoms with E-state index >= 15 is 0 Å². The topological polar surface area (TPSA) is 55.1 Å². The van der Waals surface area contributed by atoms with E-state index in [1.165, 1.54) is 32.1 Å². The first-order chi connectivity index (χ1) is 8.16. The van der Waals surface area contributed by atoms with Crippen molar-refractivity contribution >= 4 is 5.97 Å². The first-order valence-electron chi connectivity index (χ1n) is 6.44. The third-order valence-electron chi connectivity index (χ3n) is 3.66. The Bertz CT molecular complexity index is 392. The first kappa shape index (κ1) is 12.1. The van der Waals surface area contributed by atoms with Crippen LogP contribution in [0.4, 0.5) is 0 Å². The van der Waals surface area contributed by atoms with Crippen LogP contribution in [-0.2, 0) is 6.54 Å². The van der Waals surface area contributed by atoms with Crippen molar-refractivity contribution in [3.63, 3.8) is 0 Å². The van der Waals surface area contributed by atoms with Gasteiger partial charge in [0.1, 0.15) is 0 Å². The molecule has 1 saturated carbocycles. The summed E-state index contributed by atoms with van der Waals surface area (Å²) in [6, 6.07) is 1.64. The molecule has 0 atom stereocenters. The van der Waals surface area contributed by atoms with E-state index in [0.29, 0.717) is 0 Å². The van der Waals surface area contributed by atoms with E-state index in [-0.39, 0.29) is 5.69 Å². The van der Waals surface area contributed by atoms with Crippen molar-refractivity contribution in [3.8, 4) is 0 Å². The number of rotatable bonds is 5. The average Bonchev–Trinajstić information content (AvgIpc) is 2.89. The molecule has 0 bridgehead atoms. The smallest absolute Gasteiger partial charge is 0.356 e. The molecule has 4 nitrogen and oxygen atoms in total. The van der Waals surface area contributed by atoms with Crippen LogP contribution in [0.3, 0.4) is 0 Å². The third-order valence-corrected chi connectivity index (χ3v) is 3.66. The molecule has 17 heavy (non-hydrogen) atoms. The number of carboxylic acids is 1. The van der Waals surface area contributed by atoms with Gasteiger partial charge in [0.2, 0.25) is 0 Å². The SMILES string of the molecule is Cc1cc(C(=O)O)nn1CCCC1CCCC1. The largest absolute Gasteiger partial charge is 0.476 e. The van der Waals surface area contributed by atoms with Gasteiger partial charge in [-0.3, -0.25) is 4.68 Å². The predicted molar refractivity (Wildman–Crippen MR) is 65.1 cm³/mol. The maximum absolute atomic E-state index is 10.8. The number of carboxylic acid groups (broad SMARTS) is 1. The van der Waals surface area contributed by atoms with E-state index in [1.54, 1.807) is 6.07 Å². The lowest BCUT2D eigenvalue weighted by atomic mass is 10.0. The maximum atomic E-state index is 10.8. The van der Waals surface area contributed by atoms with Gasteiger partial charge in [-0.05, 0) is 31.7 Å². The molecule has 2 rings (SSSR count). The Balaban J connectivity index is 1.83. The molecule has 1 aliphatic carbocycles. The Kier molecular flexibility index (Phi) is 3.82. The first-order valence-corrected chi connectivity index (χ1v) is 6.44. The number of hydrogen-bond donors (Lipinski definition) is 1. The quantitative estimate of drug-likeness (QED) is 0.855. The zero-order valence-corrected chi connectivity index (χ0v) is 10.4. The molecule has 1 N–H and O–H groups in total. The van der Waals surface area contributed by atoms with Crippen molar-refractivity contribution in [1.29, 1.82) is 0 Å². The molecule has 94 valence electrons. The summed E-state index contributed by atoms with van der Waals surface area (Å²) < 4.78 is 1.82. The maximum Gasteiger partial charge on any atom is 0.356 e. The van der Waals surface area contributed by atoms with E-state index < -0.39 is 5.97 Å². The lowest BCUT2D eigenvalue weighted by Crippen LogP contribution is -2.06. The predicted octanol–water partition coefficient (Wildman–Crippen LogP) is 2.86. The van der Waals surface area contributed by atoms with Crippen molar-refractivity contribution in [2.24, 2.45) is 5.92 Å². The minimum absolute atomic E-state index is 0.156. The Morgan fingerprint density at radius 1 is 1.53 bits per heavy atom. The fourth-order valence-corrected chi connectivity index (χ4v) is 2.67. The Morgan fingerprint density at radius 3 is 2.82 bits per heavy atom. The summed E-state index contributed by atoms with van der Waals surface area (Å²) in [4.78, 5) is 10.8. The Labute approximate surface area is 102 Å². The van der Waals surface area contributed by atoms with Gasteiger partial charge in [0.15, 0.2) is 5.69 Å². The number of aromatic carboxylic acids is 1. The molecule has 1 aliphatic rings. The second-order valence-electron chi connectivity index (χ2n) is 4.99. The van der Waals surface area contributed by atoms with Gasteiger partial charge in [-0.2, -0.15) is 5.10 Å². The number of nitrogens with zero attached hydrogens (tertiary/aromatic N) is 2. The van der Waals surface area contributed by atoms with Gasteiger partial charge in [-0.15, -0.1) is 0 Å². The van der Waals surface area contributed by atoms with Crippen LogP contribution >= 0.6 is 0 Å². The van der Waals surface area contributed by atoms with Crippen molar-refractivity contribution in [2.45, 2.75) is 52.0 Å². The molecular weight excluding hydrogens is 216 g/mol. The van der Waals surface area contributed by atoms with Gasteiger partial charge < -0.3 is 5.11 Å². The van der Waals surface area contributed by atoms with Crippen LogP contribution in [0.1, 0.15) is 54.7 Å². The van der Waals surface area contributed by atoms with E-state index in [0.717, 1.165) is 24.6 Å². The second-order valence-corrected chi connectivity index (χ2v) is 4.99. The molecule has 1 aromatic heterocycles. The number of carbonyl (C=O) groups is 1. The minimum Gasteiger partial charge on any atom is -0.476 e. The van der Waals surface area contributed by atoms with Crippen molar-refractivity contribution in [1.82, 2.24) is 9.78 Å². The molecular formula is C13H20N2O2. The fourth-order valence-electron chi connectivity index (χ4n) is 2.67. The Morgan fingerprint density at radius 2 is 2.24 bits per heavy atom.